The number of fused-ring (bicyclic) bond motifs is 1. The van der Waals surface area contributed by atoms with Gasteiger partial charge in [-0.3, -0.25) is 0 Å². The number of hydrogen-bond donors (Lipinski definition) is 2. The molecule has 0 aliphatic heterocycles. The smallest absolute Gasteiger partial charge is 0.240 e. The molecule has 2 N–H and O–H groups in total. The Balaban J connectivity index is 1.52. The van der Waals surface area contributed by atoms with Gasteiger partial charge in [0.05, 0.1) is 10.6 Å². The lowest BCUT2D eigenvalue weighted by molar-refractivity contribution is 0.581. The molecule has 0 bridgehead atoms. The number of nitrogens with one attached hydrogen (secondary N) is 2. The summed E-state index contributed by atoms with van der Waals surface area (Å²) in [6.45, 7) is 0. The maximum Gasteiger partial charge on any atom is 0.240 e. The minimum Gasteiger partial charge on any atom is -0.339 e. The lowest BCUT2D eigenvalue weighted by Crippen LogP contribution is -2.25. The van der Waals surface area contributed by atoms with Crippen LogP contribution in [0.15, 0.2) is 65.8 Å². The molecule has 5 rings (SSSR count). The summed E-state index contributed by atoms with van der Waals surface area (Å²) < 4.78 is 40.6. The monoisotopic (exact) mass is 408 g/mol. The number of rotatable bonds is 5. The first kappa shape index (κ1) is 18.0. The molecule has 0 amide bonds. The number of nitrogens with zero attached hydrogens (tertiary/aromatic N) is 2. The highest BCUT2D eigenvalue weighted by Crippen LogP contribution is 2.30. The van der Waals surface area contributed by atoms with E-state index in [1.165, 1.54) is 18.5 Å². The van der Waals surface area contributed by atoms with E-state index < -0.39 is 10.0 Å². The molecule has 2 aromatic heterocycles. The third-order valence-corrected chi connectivity index (χ3v) is 6.45. The van der Waals surface area contributed by atoms with E-state index in [4.69, 9.17) is 0 Å². The van der Waals surface area contributed by atoms with Crippen LogP contribution in [0.25, 0.3) is 33.5 Å². The van der Waals surface area contributed by atoms with Gasteiger partial charge < -0.3 is 4.98 Å². The first-order valence-corrected chi connectivity index (χ1v) is 10.7. The van der Waals surface area contributed by atoms with Crippen molar-refractivity contribution in [1.82, 2.24) is 19.7 Å². The Kier molecular flexibility index (Phi) is 4.18. The second-order valence-electron chi connectivity index (χ2n) is 7.09. The van der Waals surface area contributed by atoms with E-state index >= 15 is 0 Å². The normalized spacial score (nSPS) is 14.4. The first-order chi connectivity index (χ1) is 14.0. The minimum atomic E-state index is -3.49. The fourth-order valence-corrected chi connectivity index (χ4v) is 4.54. The van der Waals surface area contributed by atoms with Crippen molar-refractivity contribution in [3.8, 4) is 22.5 Å². The number of aromatic amines is 1. The summed E-state index contributed by atoms with van der Waals surface area (Å²) in [4.78, 5) is 12.1. The maximum absolute atomic E-state index is 13.2. The number of hydrogen-bond acceptors (Lipinski definition) is 4. The van der Waals surface area contributed by atoms with Gasteiger partial charge in [-0.1, -0.05) is 12.1 Å². The van der Waals surface area contributed by atoms with E-state index in [1.54, 1.807) is 36.4 Å². The lowest BCUT2D eigenvalue weighted by atomic mass is 10.1. The van der Waals surface area contributed by atoms with Crippen LogP contribution in [-0.2, 0) is 10.0 Å². The third-order valence-electron chi connectivity index (χ3n) is 4.92. The Morgan fingerprint density at radius 3 is 2.34 bits per heavy atom. The quantitative estimate of drug-likeness (QED) is 0.525. The highest BCUT2D eigenvalue weighted by atomic mass is 32.2. The van der Waals surface area contributed by atoms with E-state index in [9.17, 15) is 12.8 Å². The molecule has 2 aromatic carbocycles. The van der Waals surface area contributed by atoms with Crippen molar-refractivity contribution in [1.29, 1.82) is 0 Å². The first-order valence-electron chi connectivity index (χ1n) is 9.22. The molecule has 0 spiro atoms. The highest BCUT2D eigenvalue weighted by Gasteiger charge is 2.27. The Morgan fingerprint density at radius 2 is 1.66 bits per heavy atom. The summed E-state index contributed by atoms with van der Waals surface area (Å²) in [5.41, 5.74) is 3.77. The van der Waals surface area contributed by atoms with Gasteiger partial charge in [0, 0.05) is 22.7 Å². The Morgan fingerprint density at radius 1 is 0.966 bits per heavy atom. The zero-order chi connectivity index (χ0) is 20.0. The molecule has 4 aromatic rings. The second-order valence-corrected chi connectivity index (χ2v) is 8.81. The van der Waals surface area contributed by atoms with Crippen molar-refractivity contribution >= 4 is 21.1 Å². The van der Waals surface area contributed by atoms with Gasteiger partial charge in [-0.2, -0.15) is 0 Å². The van der Waals surface area contributed by atoms with Crippen LogP contribution >= 0.6 is 0 Å². The van der Waals surface area contributed by atoms with Crippen LogP contribution in [-0.4, -0.2) is 29.4 Å². The molecule has 146 valence electrons. The van der Waals surface area contributed by atoms with E-state index in [-0.39, 0.29) is 16.8 Å². The molecule has 6 nitrogen and oxygen atoms in total. The van der Waals surface area contributed by atoms with Crippen molar-refractivity contribution in [2.75, 3.05) is 0 Å². The van der Waals surface area contributed by atoms with Gasteiger partial charge in [-0.25, -0.2) is 27.5 Å². The SMILES string of the molecule is O=S(=O)(NC1CC1)c1ccc(-c2ncnc3[nH]c(-c4ccc(F)cc4)cc23)cc1. The summed E-state index contributed by atoms with van der Waals surface area (Å²) in [6, 6.07) is 14.8. The predicted molar refractivity (Wildman–Crippen MR) is 108 cm³/mol. The van der Waals surface area contributed by atoms with Gasteiger partial charge in [-0.15, -0.1) is 0 Å². The molecule has 0 radical (unpaired) electrons. The number of benzene rings is 2. The second kappa shape index (κ2) is 6.75. The minimum absolute atomic E-state index is 0.0610. The van der Waals surface area contributed by atoms with Gasteiger partial charge >= 0.3 is 0 Å². The van der Waals surface area contributed by atoms with Crippen LogP contribution in [0.3, 0.4) is 0 Å². The van der Waals surface area contributed by atoms with E-state index in [1.807, 2.05) is 6.07 Å². The highest BCUT2D eigenvalue weighted by molar-refractivity contribution is 7.89. The van der Waals surface area contributed by atoms with Crippen LogP contribution < -0.4 is 4.72 Å². The molecule has 29 heavy (non-hydrogen) atoms. The molecular weight excluding hydrogens is 391 g/mol. The fourth-order valence-electron chi connectivity index (χ4n) is 3.24. The Labute approximate surface area is 166 Å². The standard InChI is InChI=1S/C21H17FN4O2S/c22-15-5-1-13(2-6-15)19-11-18-20(23-12-24-21(18)25-19)14-3-9-17(10-4-14)29(27,28)26-16-7-8-16/h1-6,9-12,16,26H,7-8H2,(H,23,24,25). The Hall–Kier alpha value is -3.10. The number of aromatic nitrogens is 3. The average molecular weight is 408 g/mol. The molecule has 1 aliphatic rings. The molecule has 1 saturated carbocycles. The summed E-state index contributed by atoms with van der Waals surface area (Å²) in [6.07, 6.45) is 3.24. The average Bonchev–Trinajstić information content (AvgIpc) is 3.41. The zero-order valence-corrected chi connectivity index (χ0v) is 16.1. The van der Waals surface area contributed by atoms with Crippen LogP contribution in [0.2, 0.25) is 0 Å². The predicted octanol–water partition coefficient (Wildman–Crippen LogP) is 3.87. The van der Waals surface area contributed by atoms with E-state index in [2.05, 4.69) is 19.7 Å². The largest absolute Gasteiger partial charge is 0.339 e. The molecule has 0 atom stereocenters. The van der Waals surface area contributed by atoms with Crippen LogP contribution in [0.1, 0.15) is 12.8 Å². The third kappa shape index (κ3) is 3.52. The van der Waals surface area contributed by atoms with Crippen LogP contribution in [0.4, 0.5) is 4.39 Å². The fraction of sp³-hybridized carbons (Fsp3) is 0.143. The number of halogens is 1. The number of H-pyrrole nitrogens is 1. The summed E-state index contributed by atoms with van der Waals surface area (Å²) in [5.74, 6) is -0.295. The number of sulfonamides is 1. The summed E-state index contributed by atoms with van der Waals surface area (Å²) in [5, 5.41) is 0.804. The van der Waals surface area contributed by atoms with Gasteiger partial charge in [0.1, 0.15) is 17.8 Å². The van der Waals surface area contributed by atoms with Crippen LogP contribution in [0.5, 0.6) is 0 Å². The molecule has 0 saturated heterocycles. The zero-order valence-electron chi connectivity index (χ0n) is 15.3. The molecule has 2 heterocycles. The molecular formula is C21H17FN4O2S. The summed E-state index contributed by atoms with van der Waals surface area (Å²) in [7, 11) is -3.49. The lowest BCUT2D eigenvalue weighted by Gasteiger charge is -2.07. The van der Waals surface area contributed by atoms with Crippen molar-refractivity contribution in [3.63, 3.8) is 0 Å². The van der Waals surface area contributed by atoms with Crippen molar-refractivity contribution in [3.05, 3.63) is 66.7 Å². The van der Waals surface area contributed by atoms with E-state index in [0.29, 0.717) is 11.3 Å². The van der Waals surface area contributed by atoms with Gasteiger partial charge in [0.15, 0.2) is 0 Å². The topological polar surface area (TPSA) is 87.7 Å². The molecule has 0 unspecified atom stereocenters. The van der Waals surface area contributed by atoms with Crippen LogP contribution in [0, 0.1) is 5.82 Å². The Bertz CT molecular complexity index is 1300. The molecule has 1 fully saturated rings. The summed E-state index contributed by atoms with van der Waals surface area (Å²) >= 11 is 0. The van der Waals surface area contributed by atoms with Crippen molar-refractivity contribution < 1.29 is 12.8 Å². The van der Waals surface area contributed by atoms with Gasteiger partial charge in [0.2, 0.25) is 10.0 Å². The van der Waals surface area contributed by atoms with Crippen molar-refractivity contribution in [2.24, 2.45) is 0 Å². The van der Waals surface area contributed by atoms with Gasteiger partial charge in [-0.05, 0) is 60.9 Å². The van der Waals surface area contributed by atoms with Gasteiger partial charge in [0.25, 0.3) is 0 Å². The molecule has 1 aliphatic carbocycles. The molecule has 8 heteroatoms. The maximum atomic E-state index is 13.2. The van der Waals surface area contributed by atoms with E-state index in [0.717, 1.165) is 35.0 Å². The van der Waals surface area contributed by atoms with Crippen molar-refractivity contribution in [2.45, 2.75) is 23.8 Å².